The van der Waals surface area contributed by atoms with Gasteiger partial charge in [-0.2, -0.15) is 0 Å². The molecule has 1 nitrogen and oxygen atoms in total. The van der Waals surface area contributed by atoms with E-state index in [1.165, 1.54) is 6.07 Å². The number of alkyl halides is 4. The van der Waals surface area contributed by atoms with E-state index >= 15 is 0 Å². The molecule has 5 aromatic carbocycles. The van der Waals surface area contributed by atoms with E-state index in [0.717, 1.165) is 32.2 Å². The van der Waals surface area contributed by atoms with Crippen LogP contribution in [0.3, 0.4) is 0 Å². The van der Waals surface area contributed by atoms with E-state index in [4.69, 9.17) is 16.0 Å². The molecule has 0 saturated carbocycles. The van der Waals surface area contributed by atoms with Crippen LogP contribution in [-0.4, -0.2) is 19.0 Å². The summed E-state index contributed by atoms with van der Waals surface area (Å²) >= 11 is 8.17. The molecule has 5 rings (SSSR count). The van der Waals surface area contributed by atoms with Gasteiger partial charge in [0.25, 0.3) is 0 Å². The molecule has 0 aliphatic heterocycles. The Morgan fingerprint density at radius 3 is 1.59 bits per heavy atom. The third-order valence-electron chi connectivity index (χ3n) is 6.99. The van der Waals surface area contributed by atoms with Crippen LogP contribution in [0.1, 0.15) is 5.56 Å². The maximum atomic E-state index is 13.3. The number of hydrogen-bond donors (Lipinski definition) is 0. The third-order valence-corrected chi connectivity index (χ3v) is 14.2. The molecule has 39 heavy (non-hydrogen) atoms. The Morgan fingerprint density at radius 2 is 1.10 bits per heavy atom. The molecule has 0 heterocycles. The monoisotopic (exact) mass is 568 g/mol. The fourth-order valence-corrected chi connectivity index (χ4v) is 11.1. The van der Waals surface area contributed by atoms with Gasteiger partial charge in [0.05, 0.1) is 0 Å². The van der Waals surface area contributed by atoms with Crippen molar-refractivity contribution in [2.45, 2.75) is 18.5 Å². The number of hydrogen-bond acceptors (Lipinski definition) is 1. The summed E-state index contributed by atoms with van der Waals surface area (Å²) in [5.74, 6) is -7.65. The summed E-state index contributed by atoms with van der Waals surface area (Å²) in [5, 5.41) is 4.74. The minimum atomic E-state index is -4.21. The summed E-state index contributed by atoms with van der Waals surface area (Å²) in [5.41, 5.74) is 1.00. The summed E-state index contributed by atoms with van der Waals surface area (Å²) in [4.78, 5) is 0. The fraction of sp³-hybridized carbons (Fsp3) is 0.125. The standard InChI is InChI=1S/C32H26ClF4OP/c33-39(28-10-4-1-5-11-28,29-12-6-2-7-13-29,30-14-8-3-9-15-30)22-24-16-17-26-21-27(19-18-25(26)20-24)38-23-32(36,37)31(34)35/h1-21,31H,22-23H2. The predicted octanol–water partition coefficient (Wildman–Crippen LogP) is 8.30. The Balaban J connectivity index is 1.60. The van der Waals surface area contributed by atoms with Gasteiger partial charge in [0.15, 0.2) is 0 Å². The van der Waals surface area contributed by atoms with E-state index in [-0.39, 0.29) is 5.75 Å². The average Bonchev–Trinajstić information content (AvgIpc) is 2.97. The first-order chi connectivity index (χ1) is 18.7. The van der Waals surface area contributed by atoms with Gasteiger partial charge in [-0.1, -0.05) is 0 Å². The summed E-state index contributed by atoms with van der Waals surface area (Å²) in [7, 11) is 0. The molecule has 0 radical (unpaired) electrons. The van der Waals surface area contributed by atoms with Crippen molar-refractivity contribution < 1.29 is 22.3 Å². The molecular formula is C32H26ClF4OP. The van der Waals surface area contributed by atoms with E-state index in [0.29, 0.717) is 6.16 Å². The molecule has 0 unspecified atom stereocenters. The molecule has 0 spiro atoms. The van der Waals surface area contributed by atoms with Crippen molar-refractivity contribution in [1.82, 2.24) is 0 Å². The molecule has 0 bridgehead atoms. The van der Waals surface area contributed by atoms with Crippen LogP contribution in [0.2, 0.25) is 0 Å². The van der Waals surface area contributed by atoms with E-state index in [9.17, 15) is 17.6 Å². The molecule has 0 aromatic heterocycles. The van der Waals surface area contributed by atoms with Gasteiger partial charge >= 0.3 is 230 Å². The Hall–Kier alpha value is -3.40. The quantitative estimate of drug-likeness (QED) is 0.128. The van der Waals surface area contributed by atoms with Crippen LogP contribution < -0.4 is 20.7 Å². The second-order valence-electron chi connectivity index (χ2n) is 9.54. The minimum absolute atomic E-state index is 0.102. The van der Waals surface area contributed by atoms with E-state index in [1.807, 2.05) is 72.8 Å². The summed E-state index contributed by atoms with van der Waals surface area (Å²) in [6, 6.07) is 41.2. The van der Waals surface area contributed by atoms with Gasteiger partial charge < -0.3 is 0 Å². The van der Waals surface area contributed by atoms with Crippen molar-refractivity contribution >= 4 is 43.9 Å². The predicted molar refractivity (Wildman–Crippen MR) is 155 cm³/mol. The van der Waals surface area contributed by atoms with Gasteiger partial charge in [0.2, 0.25) is 0 Å². The number of ether oxygens (including phenoxy) is 1. The maximum absolute atomic E-state index is 13.3. The Kier molecular flexibility index (Phi) is 7.41. The molecule has 0 N–H and O–H groups in total. The molecule has 200 valence electrons. The zero-order valence-electron chi connectivity index (χ0n) is 20.9. The first-order valence-electron chi connectivity index (χ1n) is 12.4. The molecule has 0 saturated heterocycles. The van der Waals surface area contributed by atoms with Crippen LogP contribution in [0, 0.1) is 0 Å². The molecule has 0 amide bonds. The Labute approximate surface area is 229 Å². The van der Waals surface area contributed by atoms with Gasteiger partial charge in [-0.05, 0) is 0 Å². The van der Waals surface area contributed by atoms with E-state index < -0.39 is 24.9 Å². The summed E-state index contributed by atoms with van der Waals surface area (Å²) in [6.45, 7) is -1.39. The van der Waals surface area contributed by atoms with E-state index in [1.54, 1.807) is 12.1 Å². The fourth-order valence-electron chi connectivity index (χ4n) is 4.98. The molecular weight excluding hydrogens is 543 g/mol. The Morgan fingerprint density at radius 1 is 0.641 bits per heavy atom. The zero-order chi connectivity index (χ0) is 27.5. The van der Waals surface area contributed by atoms with Crippen LogP contribution in [0.4, 0.5) is 17.6 Å². The number of rotatable bonds is 9. The number of halogens is 5. The summed E-state index contributed by atoms with van der Waals surface area (Å²) < 4.78 is 56.7. The van der Waals surface area contributed by atoms with Crippen molar-refractivity contribution in [2.75, 3.05) is 6.61 Å². The number of fused-ring (bicyclic) bond motifs is 1. The first kappa shape index (κ1) is 27.2. The van der Waals surface area contributed by atoms with Crippen molar-refractivity contribution in [3.63, 3.8) is 0 Å². The number of benzene rings is 5. The van der Waals surface area contributed by atoms with Crippen LogP contribution in [0.15, 0.2) is 127 Å². The Bertz CT molecular complexity index is 1460. The van der Waals surface area contributed by atoms with E-state index in [2.05, 4.69) is 36.4 Å². The molecule has 5 aromatic rings. The van der Waals surface area contributed by atoms with Crippen molar-refractivity contribution in [3.05, 3.63) is 133 Å². The molecule has 0 aliphatic carbocycles. The van der Waals surface area contributed by atoms with Crippen molar-refractivity contribution in [3.8, 4) is 5.75 Å². The van der Waals surface area contributed by atoms with Gasteiger partial charge in [-0.15, -0.1) is 0 Å². The first-order valence-corrected chi connectivity index (χ1v) is 15.7. The van der Waals surface area contributed by atoms with Crippen molar-refractivity contribution in [2.24, 2.45) is 0 Å². The average molecular weight is 569 g/mol. The van der Waals surface area contributed by atoms with Gasteiger partial charge in [-0.25, -0.2) is 0 Å². The second kappa shape index (κ2) is 10.6. The molecule has 7 heteroatoms. The second-order valence-corrected chi connectivity index (χ2v) is 16.0. The molecule has 0 aliphatic rings. The van der Waals surface area contributed by atoms with Crippen LogP contribution in [0.25, 0.3) is 10.8 Å². The van der Waals surface area contributed by atoms with Crippen LogP contribution in [0.5, 0.6) is 5.75 Å². The third kappa shape index (κ3) is 5.14. The van der Waals surface area contributed by atoms with Gasteiger partial charge in [0.1, 0.15) is 0 Å². The zero-order valence-corrected chi connectivity index (χ0v) is 22.5. The summed E-state index contributed by atoms with van der Waals surface area (Å²) in [6.07, 6.45) is -3.24. The SMILES string of the molecule is FC(F)C(F)(F)COc1ccc2cc(CP(Cl)(c3ccccc3)(c3ccccc3)c3ccccc3)ccc2c1. The normalized spacial score (nSPS) is 13.2. The van der Waals surface area contributed by atoms with Crippen LogP contribution >= 0.6 is 17.2 Å². The van der Waals surface area contributed by atoms with Crippen molar-refractivity contribution in [1.29, 1.82) is 0 Å². The molecule has 0 fully saturated rings. The van der Waals surface area contributed by atoms with Gasteiger partial charge in [-0.3, -0.25) is 0 Å². The van der Waals surface area contributed by atoms with Crippen LogP contribution in [-0.2, 0) is 6.16 Å². The van der Waals surface area contributed by atoms with Gasteiger partial charge in [0, 0.05) is 0 Å². The topological polar surface area (TPSA) is 9.23 Å². The molecule has 0 atom stereocenters.